The van der Waals surface area contributed by atoms with Crippen LogP contribution in [0.5, 0.6) is 5.75 Å². The highest BCUT2D eigenvalue weighted by atomic mass is 32.2. The van der Waals surface area contributed by atoms with Gasteiger partial charge >= 0.3 is 16.1 Å². The lowest BCUT2D eigenvalue weighted by atomic mass is 9.85. The molecule has 0 radical (unpaired) electrons. The van der Waals surface area contributed by atoms with Gasteiger partial charge in [-0.1, -0.05) is 146 Å². The number of benzene rings is 11. The molecule has 314 valence electrons. The van der Waals surface area contributed by atoms with E-state index in [1.54, 1.807) is 12.1 Å². The van der Waals surface area contributed by atoms with E-state index >= 15 is 17.6 Å². The third-order valence-corrected chi connectivity index (χ3v) is 13.0. The lowest BCUT2D eigenvalue weighted by Crippen LogP contribution is -2.17. The summed E-state index contributed by atoms with van der Waals surface area (Å²) in [6.45, 7) is 0. The maximum Gasteiger partial charge on any atom is 0.345 e. The van der Waals surface area contributed by atoms with Gasteiger partial charge in [-0.15, -0.1) is 0 Å². The molecule has 0 aromatic heterocycles. The Balaban J connectivity index is 1.24. The van der Waals surface area contributed by atoms with E-state index in [1.807, 2.05) is 158 Å². The van der Waals surface area contributed by atoms with E-state index in [2.05, 4.69) is 6.07 Å². The summed E-state index contributed by atoms with van der Waals surface area (Å²) in [6.07, 6.45) is 0. The quantitative estimate of drug-likeness (QED) is 0.0449. The topological polar surface area (TPSA) is 80.7 Å². The first-order chi connectivity index (χ1) is 31.4. The Bertz CT molecular complexity index is 3950. The van der Waals surface area contributed by atoms with Crippen molar-refractivity contribution in [3.8, 4) is 39.1 Å². The van der Waals surface area contributed by atoms with Crippen molar-refractivity contribution in [2.75, 3.05) is 0 Å². The normalized spacial score (nSPS) is 12.0. The number of esters is 1. The molecule has 0 heterocycles. The van der Waals surface area contributed by atoms with E-state index in [-0.39, 0.29) is 16.7 Å². The lowest BCUT2D eigenvalue weighted by molar-refractivity contribution is 0.0718. The average molecular weight is 879 g/mol. The molecular formula is C55H30F4O5S. The van der Waals surface area contributed by atoms with E-state index in [1.165, 1.54) is 0 Å². The fourth-order valence-corrected chi connectivity index (χ4v) is 9.80. The van der Waals surface area contributed by atoms with Crippen LogP contribution in [0.2, 0.25) is 0 Å². The Labute approximate surface area is 368 Å². The Hall–Kier alpha value is -7.92. The molecule has 0 aliphatic heterocycles. The summed E-state index contributed by atoms with van der Waals surface area (Å²) in [6, 6.07) is 56.3. The summed E-state index contributed by atoms with van der Waals surface area (Å²) in [5, 5.41) is 11.2. The fraction of sp³-hybridized carbons (Fsp3) is 0. The maximum absolute atomic E-state index is 15.7. The second-order valence-corrected chi connectivity index (χ2v) is 17.2. The summed E-state index contributed by atoms with van der Waals surface area (Å²) >= 11 is 0. The van der Waals surface area contributed by atoms with Crippen LogP contribution < -0.4 is 4.74 Å². The molecule has 5 nitrogen and oxygen atoms in total. The number of fused-ring (bicyclic) bond motifs is 9. The van der Waals surface area contributed by atoms with Gasteiger partial charge in [-0.05, 0) is 128 Å². The van der Waals surface area contributed by atoms with Gasteiger partial charge in [0.15, 0.2) is 16.5 Å². The molecule has 0 fully saturated rings. The van der Waals surface area contributed by atoms with Gasteiger partial charge in [0.2, 0.25) is 17.4 Å². The number of ether oxygens (including phenoxy) is 1. The SMILES string of the molecule is O=C(Oc1c(F)c(F)c(S(=O)(=O)O)c(F)c1F)c1c(-c2ccc3c(ccc4ccccc43)c2)cc(-c2cc3ccccc3c3ccccc23)cc1-c1ccc2ccc3ccccc3c2c1. The molecule has 10 heteroatoms. The van der Waals surface area contributed by atoms with E-state index in [0.29, 0.717) is 16.7 Å². The molecule has 0 amide bonds. The molecule has 0 spiro atoms. The van der Waals surface area contributed by atoms with Crippen LogP contribution in [0.1, 0.15) is 10.4 Å². The second kappa shape index (κ2) is 15.1. The Morgan fingerprint density at radius 1 is 0.400 bits per heavy atom. The molecule has 0 unspecified atom stereocenters. The number of carbonyl (C=O) groups excluding carboxylic acids is 1. The highest BCUT2D eigenvalue weighted by Gasteiger charge is 2.35. The van der Waals surface area contributed by atoms with Crippen LogP contribution in [0.3, 0.4) is 0 Å². The van der Waals surface area contributed by atoms with Gasteiger partial charge in [0.1, 0.15) is 0 Å². The fourth-order valence-electron chi connectivity index (χ4n) is 9.17. The van der Waals surface area contributed by atoms with Crippen molar-refractivity contribution in [1.82, 2.24) is 0 Å². The summed E-state index contributed by atoms with van der Waals surface area (Å²) in [7, 11) is -5.79. The monoisotopic (exact) mass is 878 g/mol. The molecule has 0 bridgehead atoms. The van der Waals surface area contributed by atoms with Crippen molar-refractivity contribution < 1.29 is 40.1 Å². The minimum absolute atomic E-state index is 0.211. The standard InChI is InChI=1S/C55H30F4O5S/c56-49-51(58)54(65(61,62)63)52(59)50(57)53(49)64-55(60)48-46(35-23-24-41-34(25-35)21-19-30-9-1-4-12-38(30)41)28-37(45-26-33-11-3-6-14-40(33)42-15-7-8-16-43(42)45)29-47(48)36-22-20-32-18-17-31-10-2-5-13-39(31)44(32)27-36/h1-29H,(H,61,62,63). The summed E-state index contributed by atoms with van der Waals surface area (Å²) in [5.41, 5.74) is 2.77. The molecule has 0 aliphatic carbocycles. The molecule has 11 rings (SSSR count). The average Bonchev–Trinajstić information content (AvgIpc) is 3.33. The van der Waals surface area contributed by atoms with Gasteiger partial charge in [0, 0.05) is 0 Å². The number of hydrogen-bond donors (Lipinski definition) is 1. The number of halogens is 4. The van der Waals surface area contributed by atoms with E-state index in [4.69, 9.17) is 4.74 Å². The van der Waals surface area contributed by atoms with Crippen molar-refractivity contribution >= 4 is 80.7 Å². The largest absolute Gasteiger partial charge is 0.416 e. The summed E-state index contributed by atoms with van der Waals surface area (Å²) < 4.78 is 100. The van der Waals surface area contributed by atoms with Gasteiger partial charge < -0.3 is 4.74 Å². The molecule has 65 heavy (non-hydrogen) atoms. The number of hydrogen-bond acceptors (Lipinski definition) is 4. The van der Waals surface area contributed by atoms with Crippen molar-refractivity contribution in [2.45, 2.75) is 4.90 Å². The molecule has 0 saturated carbocycles. The minimum atomic E-state index is -5.79. The molecule has 0 atom stereocenters. The van der Waals surface area contributed by atoms with Gasteiger partial charge in [-0.25, -0.2) is 13.6 Å². The first kappa shape index (κ1) is 39.9. The third kappa shape index (κ3) is 6.56. The van der Waals surface area contributed by atoms with Crippen LogP contribution >= 0.6 is 0 Å². The van der Waals surface area contributed by atoms with Crippen molar-refractivity contribution in [2.24, 2.45) is 0 Å². The Morgan fingerprint density at radius 2 is 0.831 bits per heavy atom. The zero-order valence-electron chi connectivity index (χ0n) is 33.7. The van der Waals surface area contributed by atoms with Crippen LogP contribution in [0.25, 0.3) is 98.0 Å². The highest BCUT2D eigenvalue weighted by molar-refractivity contribution is 7.85. The second-order valence-electron chi connectivity index (χ2n) is 15.9. The van der Waals surface area contributed by atoms with E-state index in [9.17, 15) is 17.8 Å². The minimum Gasteiger partial charge on any atom is -0.416 e. The van der Waals surface area contributed by atoms with E-state index in [0.717, 1.165) is 70.2 Å². The van der Waals surface area contributed by atoms with Crippen LogP contribution in [0.15, 0.2) is 181 Å². The summed E-state index contributed by atoms with van der Waals surface area (Å²) in [5.74, 6) is -12.8. The first-order valence-corrected chi connectivity index (χ1v) is 21.9. The smallest absolute Gasteiger partial charge is 0.345 e. The van der Waals surface area contributed by atoms with Crippen LogP contribution in [0, 0.1) is 23.3 Å². The van der Waals surface area contributed by atoms with Gasteiger partial charge in [-0.2, -0.15) is 17.2 Å². The van der Waals surface area contributed by atoms with E-state index < -0.39 is 50.0 Å². The molecule has 1 N–H and O–H groups in total. The van der Waals surface area contributed by atoms with Crippen LogP contribution in [-0.4, -0.2) is 18.9 Å². The summed E-state index contributed by atoms with van der Waals surface area (Å²) in [4.78, 5) is 12.7. The highest BCUT2D eigenvalue weighted by Crippen LogP contribution is 2.44. The Kier molecular flexibility index (Phi) is 9.28. The van der Waals surface area contributed by atoms with Crippen LogP contribution in [-0.2, 0) is 10.1 Å². The Morgan fingerprint density at radius 3 is 1.45 bits per heavy atom. The first-order valence-electron chi connectivity index (χ1n) is 20.4. The van der Waals surface area contributed by atoms with Crippen molar-refractivity contribution in [1.29, 1.82) is 0 Å². The predicted octanol–water partition coefficient (Wildman–Crippen LogP) is 14.6. The lowest BCUT2D eigenvalue weighted by Gasteiger charge is -2.20. The number of rotatable bonds is 6. The zero-order chi connectivity index (χ0) is 44.7. The van der Waals surface area contributed by atoms with Gasteiger partial charge in [-0.3, -0.25) is 4.55 Å². The van der Waals surface area contributed by atoms with Crippen molar-refractivity contribution in [3.63, 3.8) is 0 Å². The zero-order valence-corrected chi connectivity index (χ0v) is 34.6. The molecule has 0 aliphatic rings. The molecule has 11 aromatic carbocycles. The third-order valence-electron chi connectivity index (χ3n) is 12.2. The van der Waals surface area contributed by atoms with Gasteiger partial charge in [0.05, 0.1) is 5.56 Å². The van der Waals surface area contributed by atoms with Crippen molar-refractivity contribution in [3.05, 3.63) is 205 Å². The maximum atomic E-state index is 15.7. The molecule has 0 saturated heterocycles. The number of carbonyl (C=O) groups is 1. The predicted molar refractivity (Wildman–Crippen MR) is 249 cm³/mol. The molecular weight excluding hydrogens is 849 g/mol. The van der Waals surface area contributed by atoms with Crippen LogP contribution in [0.4, 0.5) is 17.6 Å². The van der Waals surface area contributed by atoms with Gasteiger partial charge in [0.25, 0.3) is 0 Å². The molecule has 11 aromatic rings.